The molecule has 0 aliphatic carbocycles. The number of anilines is 1. The van der Waals surface area contributed by atoms with Crippen molar-refractivity contribution < 1.29 is 13.2 Å². The Hall–Kier alpha value is -3.52. The van der Waals surface area contributed by atoms with Crippen molar-refractivity contribution in [2.45, 2.75) is 12.1 Å². The van der Waals surface area contributed by atoms with Crippen molar-refractivity contribution >= 4 is 26.9 Å². The number of carbonyl (C=O) groups is 1. The molecule has 8 heteroatoms. The van der Waals surface area contributed by atoms with E-state index in [0.29, 0.717) is 16.9 Å². The average Bonchev–Trinajstić information content (AvgIpc) is 3.15. The second-order valence-corrected chi connectivity index (χ2v) is 8.62. The smallest absolute Gasteiger partial charge is 0.249 e. The summed E-state index contributed by atoms with van der Waals surface area (Å²) in [5.74, 6) is -0.137. The van der Waals surface area contributed by atoms with Gasteiger partial charge in [-0.25, -0.2) is 17.9 Å². The molecule has 0 bridgehead atoms. The lowest BCUT2D eigenvalue weighted by molar-refractivity contribution is -0.114. The lowest BCUT2D eigenvalue weighted by Gasteiger charge is -2.10. The van der Waals surface area contributed by atoms with Gasteiger partial charge in [0.15, 0.2) is 0 Å². The molecule has 0 atom stereocenters. The SMILES string of the molecule is CC(=O)Nc1cccc(-c2cccc(-c3cc4ccnn4c(S(C)(=O)=O)n3)c2)c1. The highest BCUT2D eigenvalue weighted by atomic mass is 32.2. The molecule has 29 heavy (non-hydrogen) atoms. The van der Waals surface area contributed by atoms with E-state index in [2.05, 4.69) is 15.4 Å². The molecule has 0 aliphatic rings. The number of rotatable bonds is 4. The van der Waals surface area contributed by atoms with E-state index >= 15 is 0 Å². The minimum atomic E-state index is -3.56. The highest BCUT2D eigenvalue weighted by Gasteiger charge is 2.17. The van der Waals surface area contributed by atoms with Gasteiger partial charge in [0.2, 0.25) is 20.9 Å². The summed E-state index contributed by atoms with van der Waals surface area (Å²) in [6.45, 7) is 1.46. The first kappa shape index (κ1) is 18.8. The molecule has 0 radical (unpaired) electrons. The standard InChI is InChI=1S/C21H18N4O3S/c1-14(26)23-18-8-4-6-16(12-18)15-5-3-7-17(11-15)20-13-19-9-10-22-25(19)21(24-20)29(2,27)28/h3-13H,1-2H3,(H,23,26). The second-order valence-electron chi connectivity index (χ2n) is 6.71. The van der Waals surface area contributed by atoms with Crippen LogP contribution in [-0.2, 0) is 14.6 Å². The van der Waals surface area contributed by atoms with Gasteiger partial charge < -0.3 is 5.32 Å². The van der Waals surface area contributed by atoms with Crippen LogP contribution in [0.15, 0.2) is 72.0 Å². The third-order valence-corrected chi connectivity index (χ3v) is 5.29. The lowest BCUT2D eigenvalue weighted by Crippen LogP contribution is -2.09. The van der Waals surface area contributed by atoms with Crippen LogP contribution in [0, 0.1) is 0 Å². The zero-order valence-corrected chi connectivity index (χ0v) is 16.6. The highest BCUT2D eigenvalue weighted by Crippen LogP contribution is 2.28. The van der Waals surface area contributed by atoms with Crippen LogP contribution in [0.1, 0.15) is 6.92 Å². The Balaban J connectivity index is 1.82. The maximum Gasteiger partial charge on any atom is 0.249 e. The molecule has 0 saturated heterocycles. The van der Waals surface area contributed by atoms with Crippen molar-refractivity contribution in [1.82, 2.24) is 14.6 Å². The van der Waals surface area contributed by atoms with E-state index in [4.69, 9.17) is 0 Å². The van der Waals surface area contributed by atoms with Gasteiger partial charge in [-0.15, -0.1) is 0 Å². The fourth-order valence-electron chi connectivity index (χ4n) is 3.13. The number of amides is 1. The third kappa shape index (κ3) is 3.88. The molecule has 0 aliphatic heterocycles. The Bertz CT molecular complexity index is 1340. The third-order valence-electron chi connectivity index (χ3n) is 4.36. The summed E-state index contributed by atoms with van der Waals surface area (Å²) in [7, 11) is -3.56. The normalized spacial score (nSPS) is 11.5. The Morgan fingerprint density at radius 2 is 1.66 bits per heavy atom. The zero-order valence-electron chi connectivity index (χ0n) is 15.8. The van der Waals surface area contributed by atoms with E-state index in [1.54, 1.807) is 18.3 Å². The average molecular weight is 406 g/mol. The first-order chi connectivity index (χ1) is 13.8. The Morgan fingerprint density at radius 3 is 2.38 bits per heavy atom. The maximum absolute atomic E-state index is 12.2. The van der Waals surface area contributed by atoms with Crippen LogP contribution in [0.3, 0.4) is 0 Å². The van der Waals surface area contributed by atoms with E-state index in [-0.39, 0.29) is 11.1 Å². The fraction of sp³-hybridized carbons (Fsp3) is 0.0952. The molecule has 146 valence electrons. The van der Waals surface area contributed by atoms with Crippen molar-refractivity contribution in [2.75, 3.05) is 11.6 Å². The van der Waals surface area contributed by atoms with E-state index < -0.39 is 9.84 Å². The Kier molecular flexibility index (Phi) is 4.63. The number of hydrogen-bond donors (Lipinski definition) is 1. The molecule has 4 aromatic rings. The minimum Gasteiger partial charge on any atom is -0.326 e. The van der Waals surface area contributed by atoms with Gasteiger partial charge in [-0.3, -0.25) is 4.79 Å². The summed E-state index contributed by atoms with van der Waals surface area (Å²) in [6.07, 6.45) is 2.66. The molecule has 0 saturated carbocycles. The van der Waals surface area contributed by atoms with Crippen molar-refractivity contribution in [2.24, 2.45) is 0 Å². The summed E-state index contributed by atoms with van der Waals surface area (Å²) in [5.41, 5.74) is 4.52. The molecule has 1 N–H and O–H groups in total. The number of nitrogens with zero attached hydrogens (tertiary/aromatic N) is 3. The Morgan fingerprint density at radius 1 is 0.966 bits per heavy atom. The van der Waals surface area contributed by atoms with Crippen molar-refractivity contribution in [3.63, 3.8) is 0 Å². The predicted octanol–water partition coefficient (Wildman–Crippen LogP) is 3.43. The van der Waals surface area contributed by atoms with Crippen molar-refractivity contribution in [3.05, 3.63) is 66.9 Å². The van der Waals surface area contributed by atoms with Gasteiger partial charge in [0.1, 0.15) is 0 Å². The van der Waals surface area contributed by atoms with Gasteiger partial charge in [0, 0.05) is 24.4 Å². The van der Waals surface area contributed by atoms with Crippen molar-refractivity contribution in [1.29, 1.82) is 0 Å². The highest BCUT2D eigenvalue weighted by molar-refractivity contribution is 7.90. The number of carbonyl (C=O) groups excluding carboxylic acids is 1. The van der Waals surface area contributed by atoms with E-state index in [1.807, 2.05) is 48.5 Å². The molecule has 0 spiro atoms. The van der Waals surface area contributed by atoms with Gasteiger partial charge >= 0.3 is 0 Å². The maximum atomic E-state index is 12.2. The van der Waals surface area contributed by atoms with Gasteiger partial charge in [-0.05, 0) is 41.5 Å². The first-order valence-electron chi connectivity index (χ1n) is 8.84. The molecule has 2 aromatic heterocycles. The molecule has 0 unspecified atom stereocenters. The zero-order chi connectivity index (χ0) is 20.6. The lowest BCUT2D eigenvalue weighted by atomic mass is 10.0. The largest absolute Gasteiger partial charge is 0.326 e. The van der Waals surface area contributed by atoms with Crippen LogP contribution in [0.2, 0.25) is 0 Å². The summed E-state index contributed by atoms with van der Waals surface area (Å²) in [6, 6.07) is 18.7. The summed E-state index contributed by atoms with van der Waals surface area (Å²) < 4.78 is 25.7. The van der Waals surface area contributed by atoms with Crippen LogP contribution in [0.4, 0.5) is 5.69 Å². The van der Waals surface area contributed by atoms with Crippen LogP contribution in [0.25, 0.3) is 27.9 Å². The second kappa shape index (κ2) is 7.14. The molecule has 2 heterocycles. The summed E-state index contributed by atoms with van der Waals surface area (Å²) >= 11 is 0. The van der Waals surface area contributed by atoms with Gasteiger partial charge in [-0.2, -0.15) is 5.10 Å². The fourth-order valence-corrected chi connectivity index (χ4v) is 3.86. The summed E-state index contributed by atoms with van der Waals surface area (Å²) in [5, 5.41) is 6.73. The molecule has 1 amide bonds. The van der Waals surface area contributed by atoms with E-state index in [0.717, 1.165) is 22.9 Å². The molecule has 0 fully saturated rings. The van der Waals surface area contributed by atoms with Crippen LogP contribution >= 0.6 is 0 Å². The Labute approximate surface area is 168 Å². The number of benzene rings is 2. The topological polar surface area (TPSA) is 93.4 Å². The number of nitrogens with one attached hydrogen (secondary N) is 1. The van der Waals surface area contributed by atoms with E-state index in [1.165, 1.54) is 11.4 Å². The van der Waals surface area contributed by atoms with E-state index in [9.17, 15) is 13.2 Å². The number of aromatic nitrogens is 3. The van der Waals surface area contributed by atoms with Crippen LogP contribution < -0.4 is 5.32 Å². The van der Waals surface area contributed by atoms with Gasteiger partial charge in [0.05, 0.1) is 17.4 Å². The molecule has 2 aromatic carbocycles. The predicted molar refractivity (Wildman–Crippen MR) is 111 cm³/mol. The van der Waals surface area contributed by atoms with Crippen LogP contribution in [0.5, 0.6) is 0 Å². The first-order valence-corrected chi connectivity index (χ1v) is 10.7. The minimum absolute atomic E-state index is 0.104. The van der Waals surface area contributed by atoms with Gasteiger partial charge in [0.25, 0.3) is 0 Å². The van der Waals surface area contributed by atoms with Crippen LogP contribution in [-0.4, -0.2) is 35.2 Å². The molecule has 7 nitrogen and oxygen atoms in total. The summed E-state index contributed by atoms with van der Waals surface area (Å²) in [4.78, 5) is 15.7. The molecular formula is C21H18N4O3S. The number of sulfone groups is 1. The quantitative estimate of drug-likeness (QED) is 0.524. The molecular weight excluding hydrogens is 388 g/mol. The number of fused-ring (bicyclic) bond motifs is 1. The monoisotopic (exact) mass is 406 g/mol. The van der Waals surface area contributed by atoms with Gasteiger partial charge in [-0.1, -0.05) is 30.3 Å². The van der Waals surface area contributed by atoms with Crippen molar-refractivity contribution in [3.8, 4) is 22.4 Å². The number of hydrogen-bond acceptors (Lipinski definition) is 5. The molecule has 4 rings (SSSR count).